The number of esters is 1. The van der Waals surface area contributed by atoms with Crippen molar-refractivity contribution < 1.29 is 171 Å². The Labute approximate surface area is 823 Å². The number of carbonyl (C=O) groups excluding carboxylic acids is 9. The van der Waals surface area contributed by atoms with E-state index in [4.69, 9.17) is 66.8 Å². The van der Waals surface area contributed by atoms with Crippen LogP contribution < -0.4 is 72.5 Å². The lowest BCUT2D eigenvalue weighted by molar-refractivity contribution is -0.337. The van der Waals surface area contributed by atoms with Gasteiger partial charge in [-0.2, -0.15) is 0 Å². The molecule has 776 valence electrons. The van der Waals surface area contributed by atoms with Gasteiger partial charge in [0.05, 0.1) is 52.6 Å². The number of halogens is 2. The molecule has 2 saturated heterocycles. The highest BCUT2D eigenvalue weighted by molar-refractivity contribution is 7.52. The summed E-state index contributed by atoms with van der Waals surface area (Å²) < 4.78 is 75.1. The van der Waals surface area contributed by atoms with Gasteiger partial charge in [0, 0.05) is 54.7 Å². The molecule has 1 unspecified atom stereocenters. The van der Waals surface area contributed by atoms with Gasteiger partial charge >= 0.3 is 33.2 Å². The Hall–Kier alpha value is -11.0. The van der Waals surface area contributed by atoms with Gasteiger partial charge in [-0.1, -0.05) is 125 Å². The van der Waals surface area contributed by atoms with Crippen LogP contribution in [0, 0.1) is 5.92 Å². The number of hydrogen-bond acceptors (Lipinski definition) is 33. The van der Waals surface area contributed by atoms with Crippen molar-refractivity contribution in [2.75, 3.05) is 39.6 Å². The number of unbranched alkanes of at least 4 members (excludes halogenated alkanes) is 7. The molecule has 7 aliphatic heterocycles. The molecule has 6 aromatic carbocycles. The van der Waals surface area contributed by atoms with Crippen molar-refractivity contribution in [3.8, 4) is 62.9 Å². The van der Waals surface area contributed by atoms with Crippen LogP contribution in [0.2, 0.25) is 10.0 Å². The second kappa shape index (κ2) is 49.0. The number of fused-ring (bicyclic) bond motifs is 15. The maximum Gasteiger partial charge on any atom is 0.410 e. The number of aliphatic carboxylic acids is 1. The third-order valence-corrected chi connectivity index (χ3v) is 27.0. The van der Waals surface area contributed by atoms with Crippen molar-refractivity contribution in [3.63, 3.8) is 0 Å². The Morgan fingerprint density at radius 3 is 1.93 bits per heavy atom. The number of benzene rings is 6. The Kier molecular flexibility index (Phi) is 38.5. The van der Waals surface area contributed by atoms with Crippen molar-refractivity contribution in [1.82, 2.24) is 52.8 Å². The third kappa shape index (κ3) is 27.7. The maximum absolute atomic E-state index is 16.5. The highest BCUT2D eigenvalue weighted by Gasteiger charge is 2.55. The fourth-order valence-electron chi connectivity index (χ4n) is 17.1. The van der Waals surface area contributed by atoms with Crippen LogP contribution in [0.25, 0.3) is 11.1 Å². The molecule has 142 heavy (non-hydrogen) atoms. The molecule has 50 heteroatoms. The number of carbonyl (C=O) groups is 10. The third-order valence-electron chi connectivity index (χ3n) is 24.7. The van der Waals surface area contributed by atoms with Gasteiger partial charge in [-0.15, -0.1) is 0 Å². The number of nitrogens with zero attached hydrogens (tertiary/aromatic N) is 1. The number of carboxylic acid groups (broad SMARTS) is 1. The molecule has 26 N–H and O–H groups in total. The molecule has 0 radical (unpaired) electrons. The minimum Gasteiger partial charge on any atom is -0.507 e. The van der Waals surface area contributed by atoms with Crippen LogP contribution in [0.5, 0.6) is 51.7 Å². The van der Waals surface area contributed by atoms with Crippen LogP contribution in [-0.2, 0) is 84.4 Å². The standard InChI is InChI=1S/C92H119Cl2N11O35P2/c1-7-8-9-10-11-12-13-16-27-97-28-29-105(91(126)133-41-48-17-14-15-18-59(48)137-66(110)25-26-67(111)142(130,131)132)92(5)38-68(134-44(4)82(92)117)139-81-79(116)78(115)64(40-106)138-90(81)140-80-62-34-49-35-63(80)136-61-24-21-47(33-54(61)94)76(113)74-88(123)102-72(89(124)125)51-36-58(108)52(39-98-42-141(127,128)129)77(114)69(51)50-31-45(19-22-57(50)107)70(85(120)104-74)101-86(121)71(49)100-84(119)56(37-65(95)109)99-87(122)73(103-83(118)55(96-6)30-43(2)3)75(112)46-20-23-60(135-62)53(93)32-46/h14-15,17-24,31-36,43-44,55-56,64,67-68,70-76,78-79,81-82,90,96-98,106-108,111-117H,7-13,16,25-30,37-42H2,1-6H3,(H2,95,109)(H,99,122)(H,100,119)(H,101,121)(H,102,123)(H,103,118)(H,104,120)(H,124,125)(H2,127,128,129)(H2,130,131,132)/t44-,55+,56-,64+,67?,68-,70+,71+,72-,73+,74-,75+,76+,78+,79-,81+,82+,90-,92-/m0/s1. The summed E-state index contributed by atoms with van der Waals surface area (Å²) >= 11 is 14.4. The van der Waals surface area contributed by atoms with Crippen LogP contribution in [-0.4, -0.2) is 264 Å². The van der Waals surface area contributed by atoms with E-state index in [1.54, 1.807) is 13.8 Å². The van der Waals surface area contributed by atoms with Crippen molar-refractivity contribution >= 4 is 97.8 Å². The lowest BCUT2D eigenvalue weighted by Gasteiger charge is -2.51. The van der Waals surface area contributed by atoms with Gasteiger partial charge in [0.15, 0.2) is 35.8 Å². The van der Waals surface area contributed by atoms with Gasteiger partial charge in [0.25, 0.3) is 0 Å². The lowest BCUT2D eigenvalue weighted by Crippen LogP contribution is -2.67. The molecular weight excluding hydrogens is 1950 g/mol. The molecule has 0 spiro atoms. The number of ether oxygens (including phenoxy) is 8. The maximum atomic E-state index is 16.5. The van der Waals surface area contributed by atoms with E-state index >= 15 is 28.8 Å². The van der Waals surface area contributed by atoms with Crippen LogP contribution in [0.1, 0.15) is 187 Å². The number of hydrogen-bond donors (Lipinski definition) is 25. The number of phenolic OH excluding ortho intramolecular Hbond substituents is 3. The molecule has 7 heterocycles. The summed E-state index contributed by atoms with van der Waals surface area (Å²) in [5.41, 5.74) is -0.450. The largest absolute Gasteiger partial charge is 0.507 e. The zero-order valence-electron chi connectivity index (χ0n) is 77.9. The quantitative estimate of drug-likeness (QED) is 0.0114. The molecule has 0 aromatic heterocycles. The zero-order valence-corrected chi connectivity index (χ0v) is 81.2. The predicted molar refractivity (Wildman–Crippen MR) is 501 cm³/mol. The molecule has 13 rings (SSSR count). The predicted octanol–water partition coefficient (Wildman–Crippen LogP) is 3.92. The van der Waals surface area contributed by atoms with E-state index in [0.29, 0.717) is 12.6 Å². The number of nitrogens with two attached hydrogens (primary N) is 1. The number of aliphatic hydroxyl groups excluding tert-OH is 7. The minimum absolute atomic E-state index is 0.0640. The summed E-state index contributed by atoms with van der Waals surface area (Å²) in [5.74, 6) is -21.5. The van der Waals surface area contributed by atoms with E-state index in [2.05, 4.69) is 54.8 Å². The first-order chi connectivity index (χ1) is 67.1. The first-order valence-corrected chi connectivity index (χ1v) is 50.0. The summed E-state index contributed by atoms with van der Waals surface area (Å²) in [4.78, 5) is 188. The fourth-order valence-corrected chi connectivity index (χ4v) is 18.4. The monoisotopic (exact) mass is 2070 g/mol. The molecule has 0 saturated carbocycles. The lowest BCUT2D eigenvalue weighted by atomic mass is 9.83. The number of carboxylic acids is 1. The van der Waals surface area contributed by atoms with Crippen molar-refractivity contribution in [2.24, 2.45) is 11.7 Å². The van der Waals surface area contributed by atoms with Crippen LogP contribution >= 0.6 is 38.4 Å². The van der Waals surface area contributed by atoms with E-state index < -0.39 is 336 Å². The average molecular weight is 2070 g/mol. The molecule has 46 nitrogen and oxygen atoms in total. The summed E-state index contributed by atoms with van der Waals surface area (Å²) in [5, 5.41) is 152. The van der Waals surface area contributed by atoms with E-state index in [-0.39, 0.29) is 42.3 Å². The molecule has 19 atom stereocenters. The Balaban J connectivity index is 1.08. The average Bonchev–Trinajstić information content (AvgIpc) is 0.742. The fraction of sp³-hybridized carbons (Fsp3) is 0.500. The summed E-state index contributed by atoms with van der Waals surface area (Å²) in [6, 6.07) is 2.33. The number of primary amides is 1. The van der Waals surface area contributed by atoms with Crippen molar-refractivity contribution in [2.45, 2.75) is 246 Å². The Morgan fingerprint density at radius 1 is 0.697 bits per heavy atom. The normalized spacial score (nSPS) is 24.7. The number of aromatic hydroxyl groups is 3. The number of rotatable bonds is 37. The smallest absolute Gasteiger partial charge is 0.410 e. The van der Waals surface area contributed by atoms with Crippen molar-refractivity contribution in [3.05, 3.63) is 146 Å². The van der Waals surface area contributed by atoms with E-state index in [0.717, 1.165) is 118 Å². The molecule has 8 amide bonds. The number of likely N-dealkylation sites (N-methyl/N-ethyl adjacent to an activating group) is 1. The number of aliphatic hydroxyl groups is 7. The minimum atomic E-state index is -5.01. The molecule has 6 aromatic rings. The topological polar surface area (TPSA) is 720 Å². The second-order valence-electron chi connectivity index (χ2n) is 35.7. The Morgan fingerprint density at radius 2 is 1.32 bits per heavy atom. The van der Waals surface area contributed by atoms with Gasteiger partial charge in [-0.25, -0.2) is 9.59 Å². The summed E-state index contributed by atoms with van der Waals surface area (Å²) in [6.07, 6.45) is -17.1. The summed E-state index contributed by atoms with van der Waals surface area (Å²) in [6.45, 7) is 6.35. The molecular formula is C92H119Cl2N11O35P2. The second-order valence-corrected chi connectivity index (χ2v) is 39.9. The number of phenols is 3. The van der Waals surface area contributed by atoms with Gasteiger partial charge in [0.2, 0.25) is 53.4 Å². The molecule has 0 aliphatic carbocycles. The first-order valence-electron chi connectivity index (χ1n) is 45.7. The van der Waals surface area contributed by atoms with Gasteiger partial charge in [-0.05, 0) is 136 Å². The summed E-state index contributed by atoms with van der Waals surface area (Å²) in [7, 11) is -8.46. The highest BCUT2D eigenvalue weighted by atomic mass is 35.5. The molecule has 11 bridgehead atoms. The number of nitrogens with one attached hydrogen (secondary N) is 9. The van der Waals surface area contributed by atoms with E-state index in [1.165, 1.54) is 50.1 Å². The SMILES string of the molecule is CCCCCCCCCCNCCN(C(=O)OCc1ccccc1OC(=O)CCC(O)P(=O)(O)O)[C@@]1(C)C[C@H](O[C@H]2[C@H](Oc3c4cc5cc3Oc3ccc(cc3Cl)[C@@H](O)[C@@H](NC(=O)[C@@H](CC(C)C)NC)C(=O)N[C@@H](CC(N)=O)C(=O)N[C@H]5C(=O)N[C@H]3C(=O)N[C@H](C(=O)N[C@H](C(=O)O)c5cc(O)c(CNCP(=O)(O)O)c(O)c5-c5cc3ccc5O)[C@H](O)c3ccc(c(Cl)c3)O4)O[C@H](CO)[C@@H](O)[C@@H]2O)O[C@@H](C)[C@H]1O. The van der Waals surface area contributed by atoms with Crippen LogP contribution in [0.4, 0.5) is 4.79 Å². The Bertz CT molecular complexity index is 5690. The zero-order chi connectivity index (χ0) is 104. The number of para-hydroxylation sites is 1. The van der Waals surface area contributed by atoms with Gasteiger partial charge in [-0.3, -0.25) is 52.4 Å². The van der Waals surface area contributed by atoms with E-state index in [9.17, 15) is 104 Å². The van der Waals surface area contributed by atoms with Crippen molar-refractivity contribution in [1.29, 1.82) is 0 Å². The highest BCUT2D eigenvalue weighted by Crippen LogP contribution is 2.52. The molecule has 7 aliphatic rings. The number of amides is 8. The van der Waals surface area contributed by atoms with E-state index in [1.807, 2.05) is 0 Å². The van der Waals surface area contributed by atoms with Crippen LogP contribution in [0.15, 0.2) is 97.1 Å². The van der Waals surface area contributed by atoms with Gasteiger partial charge in [0.1, 0.15) is 108 Å². The first kappa shape index (κ1) is 111. The molecule has 2 fully saturated rings. The van der Waals surface area contributed by atoms with Gasteiger partial charge < -0.3 is 167 Å². The van der Waals surface area contributed by atoms with Crippen LogP contribution in [0.3, 0.4) is 0 Å².